The van der Waals surface area contributed by atoms with Gasteiger partial charge < -0.3 is 10.2 Å². The number of piperidine rings is 1. The molecule has 2 aliphatic rings. The Labute approximate surface area is 200 Å². The minimum absolute atomic E-state index is 0.0464. The highest BCUT2D eigenvalue weighted by atomic mass is 32.1. The van der Waals surface area contributed by atoms with Crippen LogP contribution < -0.4 is 10.2 Å². The van der Waals surface area contributed by atoms with Crippen molar-refractivity contribution in [2.24, 2.45) is 5.92 Å². The fraction of sp³-hybridized carbons (Fsp3) is 0.560. The van der Waals surface area contributed by atoms with Gasteiger partial charge in [-0.3, -0.25) is 14.6 Å². The van der Waals surface area contributed by atoms with E-state index in [2.05, 4.69) is 44.4 Å². The quantitative estimate of drug-likeness (QED) is 0.598. The highest BCUT2D eigenvalue weighted by molar-refractivity contribution is 7.09. The Bertz CT molecular complexity index is 981. The summed E-state index contributed by atoms with van der Waals surface area (Å²) in [4.78, 5) is 37.7. The molecule has 1 aromatic heterocycles. The molecule has 1 atom stereocenters. The molecule has 0 spiro atoms. The van der Waals surface area contributed by atoms with Gasteiger partial charge >= 0.3 is 6.03 Å². The van der Waals surface area contributed by atoms with Crippen LogP contribution >= 0.6 is 11.3 Å². The maximum atomic E-state index is 13.5. The van der Waals surface area contributed by atoms with Crippen molar-refractivity contribution in [1.29, 1.82) is 0 Å². The maximum Gasteiger partial charge on any atom is 0.325 e. The first-order valence-corrected chi connectivity index (χ1v) is 12.7. The SMILES string of the molecule is CC[C@@]1(C2CCN(Cc3ccc(N(C)C)cc3)CC2)NC(=O)N(CCc2scnc2C)C1=O. The van der Waals surface area contributed by atoms with Crippen LogP contribution in [0.2, 0.25) is 0 Å². The second-order valence-corrected chi connectivity index (χ2v) is 10.4. The average molecular weight is 470 g/mol. The zero-order valence-electron chi connectivity index (χ0n) is 20.1. The smallest absolute Gasteiger partial charge is 0.325 e. The number of rotatable bonds is 8. The standard InChI is InChI=1S/C25H35N5O2S/c1-5-25(23(31)30(24(32)27-25)15-12-22-18(2)26-17-33-22)20-10-13-29(14-11-20)16-19-6-8-21(9-7-19)28(3)4/h6-9,17,20H,5,10-16H2,1-4H3,(H,27,32)/t25-/m0/s1. The Morgan fingerprint density at radius 1 is 1.18 bits per heavy atom. The van der Waals surface area contributed by atoms with E-state index in [-0.39, 0.29) is 17.9 Å². The molecule has 3 amide bonds. The lowest BCUT2D eigenvalue weighted by Gasteiger charge is -2.40. The van der Waals surface area contributed by atoms with Crippen molar-refractivity contribution in [3.8, 4) is 0 Å². The number of nitrogens with one attached hydrogen (secondary N) is 1. The van der Waals surface area contributed by atoms with Crippen LogP contribution in [-0.4, -0.2) is 66.0 Å². The fourth-order valence-electron chi connectivity index (χ4n) is 5.17. The molecule has 3 heterocycles. The molecule has 33 heavy (non-hydrogen) atoms. The molecule has 7 nitrogen and oxygen atoms in total. The summed E-state index contributed by atoms with van der Waals surface area (Å²) in [7, 11) is 4.10. The van der Waals surface area contributed by atoms with Crippen molar-refractivity contribution >= 4 is 29.0 Å². The van der Waals surface area contributed by atoms with Crippen molar-refractivity contribution in [3.05, 3.63) is 45.9 Å². The molecule has 1 aromatic carbocycles. The van der Waals surface area contributed by atoms with Crippen LogP contribution in [0, 0.1) is 12.8 Å². The third kappa shape index (κ3) is 4.77. The number of nitrogens with zero attached hydrogens (tertiary/aromatic N) is 4. The second kappa shape index (κ2) is 9.81. The lowest BCUT2D eigenvalue weighted by molar-refractivity contribution is -0.134. The molecule has 0 aliphatic carbocycles. The molecule has 2 saturated heterocycles. The molecular formula is C25H35N5O2S. The van der Waals surface area contributed by atoms with Crippen LogP contribution in [0.3, 0.4) is 0 Å². The van der Waals surface area contributed by atoms with Gasteiger partial charge in [-0.05, 0) is 62.9 Å². The number of imide groups is 1. The minimum Gasteiger partial charge on any atom is -0.378 e. The number of thiazole rings is 1. The zero-order valence-corrected chi connectivity index (χ0v) is 21.0. The lowest BCUT2D eigenvalue weighted by Crippen LogP contribution is -2.55. The Balaban J connectivity index is 1.36. The van der Waals surface area contributed by atoms with Gasteiger partial charge in [-0.25, -0.2) is 9.78 Å². The lowest BCUT2D eigenvalue weighted by atomic mass is 9.75. The summed E-state index contributed by atoms with van der Waals surface area (Å²) in [5.74, 6) is 0.122. The highest BCUT2D eigenvalue weighted by Gasteiger charge is 2.54. The molecule has 8 heteroatoms. The predicted octanol–water partition coefficient (Wildman–Crippen LogP) is 3.67. The van der Waals surface area contributed by atoms with Crippen molar-refractivity contribution in [3.63, 3.8) is 0 Å². The third-order valence-corrected chi connectivity index (χ3v) is 8.31. The Morgan fingerprint density at radius 3 is 2.45 bits per heavy atom. The number of aromatic nitrogens is 1. The number of carbonyl (C=O) groups is 2. The number of carbonyl (C=O) groups excluding carboxylic acids is 2. The zero-order chi connectivity index (χ0) is 23.6. The van der Waals surface area contributed by atoms with E-state index in [1.165, 1.54) is 16.2 Å². The Hall–Kier alpha value is -2.45. The van der Waals surface area contributed by atoms with Crippen LogP contribution in [0.25, 0.3) is 0 Å². The summed E-state index contributed by atoms with van der Waals surface area (Å²) in [5.41, 5.74) is 4.54. The van der Waals surface area contributed by atoms with Gasteiger partial charge in [-0.15, -0.1) is 11.3 Å². The first-order chi connectivity index (χ1) is 15.8. The van der Waals surface area contributed by atoms with Gasteiger partial charge in [0.2, 0.25) is 0 Å². The molecule has 178 valence electrons. The Kier molecular flexibility index (Phi) is 7.05. The number of urea groups is 1. The fourth-order valence-corrected chi connectivity index (χ4v) is 5.94. The van der Waals surface area contributed by atoms with Crippen LogP contribution in [0.15, 0.2) is 29.8 Å². The highest BCUT2D eigenvalue weighted by Crippen LogP contribution is 2.36. The second-order valence-electron chi connectivity index (χ2n) is 9.43. The van der Waals surface area contributed by atoms with Gasteiger partial charge in [0.25, 0.3) is 5.91 Å². The van der Waals surface area contributed by atoms with E-state index < -0.39 is 5.54 Å². The molecule has 2 fully saturated rings. The van der Waals surface area contributed by atoms with E-state index in [4.69, 9.17) is 0 Å². The van der Waals surface area contributed by atoms with E-state index in [9.17, 15) is 9.59 Å². The number of hydrogen-bond donors (Lipinski definition) is 1. The van der Waals surface area contributed by atoms with Crippen molar-refractivity contribution < 1.29 is 9.59 Å². The summed E-state index contributed by atoms with van der Waals surface area (Å²) in [5, 5.41) is 3.11. The van der Waals surface area contributed by atoms with E-state index >= 15 is 0 Å². The van der Waals surface area contributed by atoms with Gasteiger partial charge in [0.15, 0.2) is 0 Å². The summed E-state index contributed by atoms with van der Waals surface area (Å²) in [6, 6.07) is 8.45. The van der Waals surface area contributed by atoms with Crippen molar-refractivity contribution in [1.82, 2.24) is 20.1 Å². The molecule has 0 unspecified atom stereocenters. The van der Waals surface area contributed by atoms with Crippen molar-refractivity contribution in [2.45, 2.75) is 51.6 Å². The molecule has 1 N–H and O–H groups in total. The summed E-state index contributed by atoms with van der Waals surface area (Å²) in [6.07, 6.45) is 3.12. The van der Waals surface area contributed by atoms with E-state index in [0.717, 1.165) is 43.0 Å². The minimum atomic E-state index is -0.765. The van der Waals surface area contributed by atoms with E-state index in [1.807, 2.05) is 33.5 Å². The summed E-state index contributed by atoms with van der Waals surface area (Å²) >= 11 is 1.58. The van der Waals surface area contributed by atoms with E-state index in [0.29, 0.717) is 19.4 Å². The Morgan fingerprint density at radius 2 is 1.88 bits per heavy atom. The number of hydrogen-bond acceptors (Lipinski definition) is 6. The van der Waals surface area contributed by atoms with Crippen LogP contribution in [-0.2, 0) is 17.8 Å². The van der Waals surface area contributed by atoms with Crippen LogP contribution in [0.5, 0.6) is 0 Å². The average Bonchev–Trinajstić information content (AvgIpc) is 3.33. The van der Waals surface area contributed by atoms with Gasteiger partial charge in [-0.1, -0.05) is 19.1 Å². The van der Waals surface area contributed by atoms with E-state index in [1.54, 1.807) is 11.3 Å². The molecule has 4 rings (SSSR count). The normalized spacial score (nSPS) is 22.1. The number of aryl methyl sites for hydroxylation is 1. The predicted molar refractivity (Wildman–Crippen MR) is 133 cm³/mol. The van der Waals surface area contributed by atoms with Gasteiger partial charge in [0, 0.05) is 44.2 Å². The molecule has 0 radical (unpaired) electrons. The number of likely N-dealkylation sites (tertiary alicyclic amines) is 1. The number of benzene rings is 1. The molecular weight excluding hydrogens is 434 g/mol. The number of amides is 3. The molecule has 0 bridgehead atoms. The molecule has 2 aliphatic heterocycles. The maximum absolute atomic E-state index is 13.5. The third-order valence-electron chi connectivity index (χ3n) is 7.31. The molecule has 2 aromatic rings. The van der Waals surface area contributed by atoms with Gasteiger partial charge in [0.1, 0.15) is 5.54 Å². The van der Waals surface area contributed by atoms with Crippen LogP contribution in [0.1, 0.15) is 42.3 Å². The summed E-state index contributed by atoms with van der Waals surface area (Å²) in [6.45, 7) is 7.19. The topological polar surface area (TPSA) is 68.8 Å². The summed E-state index contributed by atoms with van der Waals surface area (Å²) < 4.78 is 0. The first kappa shape index (κ1) is 23.7. The monoisotopic (exact) mass is 469 g/mol. The van der Waals surface area contributed by atoms with Gasteiger partial charge in [0.05, 0.1) is 11.2 Å². The first-order valence-electron chi connectivity index (χ1n) is 11.9. The largest absolute Gasteiger partial charge is 0.378 e. The molecule has 0 saturated carbocycles. The van der Waals surface area contributed by atoms with Crippen molar-refractivity contribution in [2.75, 3.05) is 38.6 Å². The number of anilines is 1. The van der Waals surface area contributed by atoms with Crippen LogP contribution in [0.4, 0.5) is 10.5 Å². The van der Waals surface area contributed by atoms with Gasteiger partial charge in [-0.2, -0.15) is 0 Å².